The first-order valence-corrected chi connectivity index (χ1v) is 10.7. The van der Waals surface area contributed by atoms with E-state index in [4.69, 9.17) is 21.5 Å². The van der Waals surface area contributed by atoms with Crippen LogP contribution in [0, 0.1) is 5.41 Å². The summed E-state index contributed by atoms with van der Waals surface area (Å²) < 4.78 is 37.4. The molecule has 0 bridgehead atoms. The van der Waals surface area contributed by atoms with E-state index in [2.05, 4.69) is 31.0 Å². The SMILES string of the molecule is [2H]C([2H])([2H])C([2H])(C)n1nc(-c2ccc(C(C)C(=O)Cc3cc(CC(C)(C)C)no3)cc2)c(C(N)=O)c1N. The lowest BCUT2D eigenvalue weighted by molar-refractivity contribution is -0.119. The average Bonchev–Trinajstić information content (AvgIpc) is 3.35. The van der Waals surface area contributed by atoms with Gasteiger partial charge in [-0.25, -0.2) is 4.68 Å². The number of carbonyl (C=O) groups excluding carboxylic acids is 2. The summed E-state index contributed by atoms with van der Waals surface area (Å²) in [5.74, 6) is -1.20. The van der Waals surface area contributed by atoms with Crippen molar-refractivity contribution < 1.29 is 19.6 Å². The Kier molecular flexibility index (Phi) is 5.33. The summed E-state index contributed by atoms with van der Waals surface area (Å²) in [7, 11) is 0. The van der Waals surface area contributed by atoms with E-state index < -0.39 is 24.7 Å². The van der Waals surface area contributed by atoms with Crippen molar-refractivity contribution in [2.45, 2.75) is 66.2 Å². The second kappa shape index (κ2) is 9.21. The van der Waals surface area contributed by atoms with Crippen molar-refractivity contribution in [1.82, 2.24) is 14.9 Å². The molecule has 3 rings (SSSR count). The van der Waals surface area contributed by atoms with Crippen LogP contribution in [0.25, 0.3) is 11.3 Å². The van der Waals surface area contributed by atoms with Crippen LogP contribution in [0.4, 0.5) is 5.82 Å². The summed E-state index contributed by atoms with van der Waals surface area (Å²) in [4.78, 5) is 25.1. The number of nitrogens with two attached hydrogens (primary N) is 2. The van der Waals surface area contributed by atoms with Gasteiger partial charge in [0.2, 0.25) is 0 Å². The highest BCUT2D eigenvalue weighted by Crippen LogP contribution is 2.30. The Morgan fingerprint density at radius 1 is 1.24 bits per heavy atom. The number of Topliss-reactive ketones (excluding diaryl/α,β-unsaturated/α-hetero) is 1. The third-order valence-electron chi connectivity index (χ3n) is 5.32. The third-order valence-corrected chi connectivity index (χ3v) is 5.32. The van der Waals surface area contributed by atoms with Gasteiger partial charge in [0.15, 0.2) is 0 Å². The zero-order valence-electron chi connectivity index (χ0n) is 23.6. The fourth-order valence-corrected chi connectivity index (χ4v) is 3.64. The van der Waals surface area contributed by atoms with Crippen LogP contribution in [0.15, 0.2) is 34.9 Å². The molecule has 2 heterocycles. The van der Waals surface area contributed by atoms with E-state index >= 15 is 0 Å². The Hall–Kier alpha value is -3.42. The van der Waals surface area contributed by atoms with Crippen molar-refractivity contribution in [3.63, 3.8) is 0 Å². The number of benzene rings is 1. The number of carbonyl (C=O) groups is 2. The maximum Gasteiger partial charge on any atom is 0.254 e. The molecule has 0 saturated carbocycles. The van der Waals surface area contributed by atoms with Crippen LogP contribution in [0.3, 0.4) is 0 Å². The highest BCUT2D eigenvalue weighted by Gasteiger charge is 2.24. The molecule has 8 heteroatoms. The molecule has 3 aromatic rings. The molecule has 0 spiro atoms. The number of hydrogen-bond donors (Lipinski definition) is 2. The molecule has 2 unspecified atom stereocenters. The monoisotopic (exact) mass is 455 g/mol. The van der Waals surface area contributed by atoms with Crippen LogP contribution in [-0.4, -0.2) is 26.6 Å². The maximum atomic E-state index is 12.9. The summed E-state index contributed by atoms with van der Waals surface area (Å²) in [5.41, 5.74) is 13.4. The number of primary amides is 1. The van der Waals surface area contributed by atoms with Gasteiger partial charge in [-0.2, -0.15) is 5.10 Å². The van der Waals surface area contributed by atoms with Crippen LogP contribution in [0.1, 0.15) is 86.3 Å². The molecule has 8 nitrogen and oxygen atoms in total. The Bertz CT molecular complexity index is 1300. The van der Waals surface area contributed by atoms with Gasteiger partial charge < -0.3 is 16.0 Å². The first-order chi connectivity index (χ1) is 16.9. The van der Waals surface area contributed by atoms with E-state index in [0.29, 0.717) is 11.3 Å². The first-order valence-electron chi connectivity index (χ1n) is 12.7. The molecule has 0 aliphatic carbocycles. The molecular formula is C25H33N5O3. The van der Waals surface area contributed by atoms with Crippen LogP contribution in [0.2, 0.25) is 0 Å². The fraction of sp³-hybridized carbons (Fsp3) is 0.440. The van der Waals surface area contributed by atoms with Crippen molar-refractivity contribution >= 4 is 17.5 Å². The molecule has 0 aliphatic rings. The second-order valence-electron chi connectivity index (χ2n) is 9.48. The predicted octanol–water partition coefficient (Wildman–Crippen LogP) is 4.30. The predicted molar refractivity (Wildman–Crippen MR) is 128 cm³/mol. The molecule has 4 N–H and O–H groups in total. The Balaban J connectivity index is 1.85. The number of anilines is 1. The molecule has 33 heavy (non-hydrogen) atoms. The van der Waals surface area contributed by atoms with E-state index in [1.165, 1.54) is 0 Å². The lowest BCUT2D eigenvalue weighted by atomic mass is 9.90. The van der Waals surface area contributed by atoms with Crippen LogP contribution in [0.5, 0.6) is 0 Å². The number of hydrogen-bond acceptors (Lipinski definition) is 6. The number of ketones is 1. The molecule has 0 aliphatic heterocycles. The Morgan fingerprint density at radius 2 is 1.91 bits per heavy atom. The number of nitrogens with zero attached hydrogens (tertiary/aromatic N) is 3. The fourth-order valence-electron chi connectivity index (χ4n) is 3.64. The molecule has 1 amide bonds. The van der Waals surface area contributed by atoms with Gasteiger partial charge in [0, 0.05) is 27.7 Å². The van der Waals surface area contributed by atoms with Crippen molar-refractivity contribution in [2.24, 2.45) is 11.1 Å². The molecule has 2 aromatic heterocycles. The lowest BCUT2D eigenvalue weighted by Gasteiger charge is -2.15. The van der Waals surface area contributed by atoms with Crippen molar-refractivity contribution in [3.05, 3.63) is 52.9 Å². The molecule has 0 fully saturated rings. The smallest absolute Gasteiger partial charge is 0.254 e. The summed E-state index contributed by atoms with van der Waals surface area (Å²) in [6, 6.07) is 6.30. The van der Waals surface area contributed by atoms with E-state index in [0.717, 1.165) is 29.3 Å². The normalized spacial score (nSPS) is 16.8. The number of aromatic nitrogens is 3. The Labute approximate surface area is 199 Å². The quantitative estimate of drug-likeness (QED) is 0.521. The van der Waals surface area contributed by atoms with Gasteiger partial charge in [0.1, 0.15) is 28.6 Å². The van der Waals surface area contributed by atoms with Crippen LogP contribution in [-0.2, 0) is 17.6 Å². The summed E-state index contributed by atoms with van der Waals surface area (Å²) in [6.07, 6.45) is 0.838. The molecule has 0 radical (unpaired) electrons. The Morgan fingerprint density at radius 3 is 2.48 bits per heavy atom. The first kappa shape index (κ1) is 19.1. The number of nitrogen functional groups attached to an aromatic ring is 1. The standard InChI is InChI=1S/C25H33N5O3/c1-14(2)30-23(26)21(24(27)32)22(28-30)17-9-7-16(8-10-17)15(3)20(31)12-19-11-18(29-33-19)13-25(4,5)6/h7-11,14-15H,12-13,26H2,1-6H3,(H2,27,32)/i1D3,14D. The molecule has 0 saturated heterocycles. The molecular weight excluding hydrogens is 418 g/mol. The third kappa shape index (κ3) is 5.50. The number of rotatable bonds is 8. The van der Waals surface area contributed by atoms with Crippen molar-refractivity contribution in [2.75, 3.05) is 5.73 Å². The van der Waals surface area contributed by atoms with Gasteiger partial charge in [-0.15, -0.1) is 0 Å². The van der Waals surface area contributed by atoms with Crippen LogP contribution >= 0.6 is 0 Å². The largest absolute Gasteiger partial charge is 0.383 e. The van der Waals surface area contributed by atoms with E-state index in [-0.39, 0.29) is 34.7 Å². The minimum atomic E-state index is -2.77. The number of amides is 1. The van der Waals surface area contributed by atoms with Gasteiger partial charge >= 0.3 is 0 Å². The minimum Gasteiger partial charge on any atom is -0.383 e. The average molecular weight is 456 g/mol. The van der Waals surface area contributed by atoms with E-state index in [9.17, 15) is 9.59 Å². The zero-order chi connectivity index (χ0) is 27.9. The van der Waals surface area contributed by atoms with Gasteiger partial charge in [-0.05, 0) is 31.2 Å². The van der Waals surface area contributed by atoms with E-state index in [1.54, 1.807) is 31.2 Å². The zero-order valence-corrected chi connectivity index (χ0v) is 19.6. The second-order valence-corrected chi connectivity index (χ2v) is 9.48. The summed E-state index contributed by atoms with van der Waals surface area (Å²) >= 11 is 0. The van der Waals surface area contributed by atoms with Gasteiger partial charge in [-0.1, -0.05) is 57.1 Å². The van der Waals surface area contributed by atoms with Gasteiger partial charge in [-0.3, -0.25) is 9.59 Å². The molecule has 2 atom stereocenters. The molecule has 1 aromatic carbocycles. The van der Waals surface area contributed by atoms with Gasteiger partial charge in [0.05, 0.1) is 13.5 Å². The molecule has 176 valence electrons. The topological polar surface area (TPSA) is 130 Å². The highest BCUT2D eigenvalue weighted by molar-refractivity contribution is 6.03. The van der Waals surface area contributed by atoms with Crippen LogP contribution < -0.4 is 11.5 Å². The van der Waals surface area contributed by atoms with E-state index in [1.807, 2.05) is 6.07 Å². The van der Waals surface area contributed by atoms with Gasteiger partial charge in [0.25, 0.3) is 5.91 Å². The lowest BCUT2D eigenvalue weighted by Crippen LogP contribution is -2.15. The van der Waals surface area contributed by atoms with Crippen molar-refractivity contribution in [3.8, 4) is 11.3 Å². The maximum absolute atomic E-state index is 12.9. The highest BCUT2D eigenvalue weighted by atomic mass is 16.5. The summed E-state index contributed by atoms with van der Waals surface area (Å²) in [6.45, 7) is 6.45. The minimum absolute atomic E-state index is 0.0497. The van der Waals surface area contributed by atoms with Crippen molar-refractivity contribution in [1.29, 1.82) is 0 Å². The summed E-state index contributed by atoms with van der Waals surface area (Å²) in [5, 5.41) is 8.25.